The molecule has 2 heterocycles. The molecule has 1 aromatic rings. The van der Waals surface area contributed by atoms with Crippen LogP contribution >= 0.6 is 11.6 Å². The normalized spacial score (nSPS) is 23.5. The summed E-state index contributed by atoms with van der Waals surface area (Å²) in [6.45, 7) is 4.86. The van der Waals surface area contributed by atoms with E-state index in [9.17, 15) is 4.79 Å². The van der Waals surface area contributed by atoms with E-state index in [4.69, 9.17) is 21.1 Å². The van der Waals surface area contributed by atoms with E-state index < -0.39 is 0 Å². The van der Waals surface area contributed by atoms with Gasteiger partial charge in [-0.2, -0.15) is 0 Å². The van der Waals surface area contributed by atoms with Crippen molar-refractivity contribution in [1.82, 2.24) is 9.80 Å². The highest BCUT2D eigenvalue weighted by Crippen LogP contribution is 2.38. The van der Waals surface area contributed by atoms with Crippen molar-refractivity contribution in [3.63, 3.8) is 0 Å². The van der Waals surface area contributed by atoms with E-state index in [0.29, 0.717) is 23.8 Å². The highest BCUT2D eigenvalue weighted by molar-refractivity contribution is 6.32. The fourth-order valence-corrected chi connectivity index (χ4v) is 4.08. The molecule has 0 N–H and O–H groups in total. The van der Waals surface area contributed by atoms with Crippen LogP contribution in [0.25, 0.3) is 0 Å². The van der Waals surface area contributed by atoms with Gasteiger partial charge in [0.25, 0.3) is 0 Å². The lowest BCUT2D eigenvalue weighted by atomic mass is 9.77. The zero-order valence-corrected chi connectivity index (χ0v) is 15.6. The number of rotatable bonds is 7. The van der Waals surface area contributed by atoms with Crippen LogP contribution in [-0.2, 0) is 9.53 Å². The number of ether oxygens (including phenoxy) is 2. The lowest BCUT2D eigenvalue weighted by molar-refractivity contribution is -0.141. The molecule has 2 aliphatic heterocycles. The first kappa shape index (κ1) is 18.5. The minimum Gasteiger partial charge on any atom is -0.491 e. The molecule has 5 nitrogen and oxygen atoms in total. The SMILES string of the molecule is COCCN1CCC12CCCN(C(=O)CCOc1ccccc1Cl)C2. The summed E-state index contributed by atoms with van der Waals surface area (Å²) in [5.41, 5.74) is 0.177. The molecule has 25 heavy (non-hydrogen) atoms. The van der Waals surface area contributed by atoms with Crippen molar-refractivity contribution in [3.8, 4) is 5.75 Å². The molecular weight excluding hydrogens is 340 g/mol. The molecule has 0 saturated carbocycles. The monoisotopic (exact) mass is 366 g/mol. The summed E-state index contributed by atoms with van der Waals surface area (Å²) in [7, 11) is 1.74. The Hall–Kier alpha value is -1.30. The zero-order chi connectivity index (χ0) is 17.7. The van der Waals surface area contributed by atoms with Gasteiger partial charge in [-0.05, 0) is 31.4 Å². The third-order valence-electron chi connectivity index (χ3n) is 5.40. The number of methoxy groups -OCH3 is 1. The number of carbonyl (C=O) groups is 1. The summed E-state index contributed by atoms with van der Waals surface area (Å²) in [6, 6.07) is 7.35. The average molecular weight is 367 g/mol. The Morgan fingerprint density at radius 1 is 1.24 bits per heavy atom. The van der Waals surface area contributed by atoms with E-state index in [2.05, 4.69) is 4.90 Å². The third-order valence-corrected chi connectivity index (χ3v) is 5.71. The van der Waals surface area contributed by atoms with Crippen LogP contribution in [0, 0.1) is 0 Å². The quantitative estimate of drug-likeness (QED) is 0.744. The second-order valence-electron chi connectivity index (χ2n) is 6.90. The van der Waals surface area contributed by atoms with E-state index in [0.717, 1.165) is 39.2 Å². The Kier molecular flexibility index (Phi) is 6.20. The van der Waals surface area contributed by atoms with E-state index in [1.807, 2.05) is 23.1 Å². The number of hydrogen-bond donors (Lipinski definition) is 0. The van der Waals surface area contributed by atoms with Crippen molar-refractivity contribution in [2.24, 2.45) is 0 Å². The average Bonchev–Trinajstić information content (AvgIpc) is 2.63. The summed E-state index contributed by atoms with van der Waals surface area (Å²) in [5.74, 6) is 0.807. The first-order valence-electron chi connectivity index (χ1n) is 9.04. The lowest BCUT2D eigenvalue weighted by Crippen LogP contribution is -2.67. The number of piperidine rings is 1. The first-order valence-corrected chi connectivity index (χ1v) is 9.41. The maximum absolute atomic E-state index is 12.6. The summed E-state index contributed by atoms with van der Waals surface area (Å²) >= 11 is 6.07. The maximum atomic E-state index is 12.6. The number of para-hydroxylation sites is 1. The molecule has 6 heteroatoms. The minimum atomic E-state index is 0.171. The second kappa shape index (κ2) is 8.39. The fourth-order valence-electron chi connectivity index (χ4n) is 3.89. The van der Waals surface area contributed by atoms with E-state index in [1.165, 1.54) is 12.8 Å². The second-order valence-corrected chi connectivity index (χ2v) is 7.31. The van der Waals surface area contributed by atoms with Crippen molar-refractivity contribution < 1.29 is 14.3 Å². The van der Waals surface area contributed by atoms with Crippen LogP contribution in [-0.4, -0.2) is 67.7 Å². The van der Waals surface area contributed by atoms with Gasteiger partial charge < -0.3 is 14.4 Å². The predicted molar refractivity (Wildman–Crippen MR) is 98.2 cm³/mol. The highest BCUT2D eigenvalue weighted by atomic mass is 35.5. The molecule has 1 atom stereocenters. The standard InChI is InChI=1S/C19H27ClN2O3/c1-24-14-12-22-11-9-19(22)8-4-10-21(15-19)18(23)7-13-25-17-6-3-2-5-16(17)20/h2-3,5-6H,4,7-15H2,1H3. The Balaban J connectivity index is 1.48. The summed E-state index contributed by atoms with van der Waals surface area (Å²) in [5, 5.41) is 0.579. The number of nitrogens with zero attached hydrogens (tertiary/aromatic N) is 2. The zero-order valence-electron chi connectivity index (χ0n) is 14.9. The Labute approximate surface area is 154 Å². The Bertz CT molecular complexity index is 598. The molecule has 138 valence electrons. The van der Waals surface area contributed by atoms with Gasteiger partial charge in [0, 0.05) is 38.8 Å². The summed E-state index contributed by atoms with van der Waals surface area (Å²) in [6.07, 6.45) is 3.81. The Morgan fingerprint density at radius 3 is 2.80 bits per heavy atom. The van der Waals surface area contributed by atoms with Crippen LogP contribution in [0.5, 0.6) is 5.75 Å². The Morgan fingerprint density at radius 2 is 2.08 bits per heavy atom. The van der Waals surface area contributed by atoms with E-state index >= 15 is 0 Å². The molecule has 0 radical (unpaired) electrons. The smallest absolute Gasteiger partial charge is 0.226 e. The van der Waals surface area contributed by atoms with Gasteiger partial charge in [-0.25, -0.2) is 0 Å². The van der Waals surface area contributed by atoms with Crippen LogP contribution in [0.3, 0.4) is 0 Å². The van der Waals surface area contributed by atoms with Gasteiger partial charge in [-0.3, -0.25) is 9.69 Å². The number of carbonyl (C=O) groups excluding carboxylic acids is 1. The van der Waals surface area contributed by atoms with Crippen LogP contribution in [0.2, 0.25) is 5.02 Å². The van der Waals surface area contributed by atoms with Gasteiger partial charge in [-0.1, -0.05) is 23.7 Å². The first-order chi connectivity index (χ1) is 12.1. The maximum Gasteiger partial charge on any atom is 0.226 e. The van der Waals surface area contributed by atoms with Gasteiger partial charge in [-0.15, -0.1) is 0 Å². The van der Waals surface area contributed by atoms with E-state index in [-0.39, 0.29) is 11.4 Å². The van der Waals surface area contributed by atoms with E-state index in [1.54, 1.807) is 13.2 Å². The number of hydrogen-bond acceptors (Lipinski definition) is 4. The van der Waals surface area contributed by atoms with Gasteiger partial charge in [0.05, 0.1) is 24.7 Å². The molecule has 3 rings (SSSR count). The lowest BCUT2D eigenvalue weighted by Gasteiger charge is -2.57. The van der Waals surface area contributed by atoms with Crippen molar-refractivity contribution in [2.75, 3.05) is 46.5 Å². The highest BCUT2D eigenvalue weighted by Gasteiger charge is 2.47. The molecule has 1 amide bonds. The van der Waals surface area contributed by atoms with Crippen molar-refractivity contribution >= 4 is 17.5 Å². The number of amides is 1. The van der Waals surface area contributed by atoms with Gasteiger partial charge in [0.15, 0.2) is 0 Å². The molecule has 0 aromatic heterocycles. The fraction of sp³-hybridized carbons (Fsp3) is 0.632. The van der Waals surface area contributed by atoms with Crippen molar-refractivity contribution in [3.05, 3.63) is 29.3 Å². The number of benzene rings is 1. The largest absolute Gasteiger partial charge is 0.491 e. The van der Waals surface area contributed by atoms with Gasteiger partial charge in [0.1, 0.15) is 5.75 Å². The third kappa shape index (κ3) is 4.27. The van der Waals surface area contributed by atoms with Crippen LogP contribution in [0.4, 0.5) is 0 Å². The molecular formula is C19H27ClN2O3. The molecule has 0 aliphatic carbocycles. The molecule has 1 spiro atoms. The van der Waals surface area contributed by atoms with Gasteiger partial charge >= 0.3 is 0 Å². The number of halogens is 1. The van der Waals surface area contributed by atoms with Gasteiger partial charge in [0.2, 0.25) is 5.91 Å². The molecule has 0 bridgehead atoms. The molecule has 2 aliphatic rings. The predicted octanol–water partition coefficient (Wildman–Crippen LogP) is 2.82. The summed E-state index contributed by atoms with van der Waals surface area (Å²) in [4.78, 5) is 17.1. The van der Waals surface area contributed by atoms with Crippen molar-refractivity contribution in [2.45, 2.75) is 31.2 Å². The van der Waals surface area contributed by atoms with Crippen LogP contribution in [0.1, 0.15) is 25.7 Å². The van der Waals surface area contributed by atoms with Crippen LogP contribution < -0.4 is 4.74 Å². The minimum absolute atomic E-state index is 0.171. The molecule has 1 unspecified atom stereocenters. The van der Waals surface area contributed by atoms with Crippen molar-refractivity contribution in [1.29, 1.82) is 0 Å². The molecule has 2 fully saturated rings. The molecule has 2 saturated heterocycles. The molecule has 1 aromatic carbocycles. The van der Waals surface area contributed by atoms with Crippen LogP contribution in [0.15, 0.2) is 24.3 Å². The summed E-state index contributed by atoms with van der Waals surface area (Å²) < 4.78 is 10.9. The number of likely N-dealkylation sites (tertiary alicyclic amines) is 2. The topological polar surface area (TPSA) is 42.0 Å².